The van der Waals surface area contributed by atoms with E-state index < -0.39 is 0 Å². The summed E-state index contributed by atoms with van der Waals surface area (Å²) in [5, 5.41) is 3.31. The van der Waals surface area contributed by atoms with Crippen molar-refractivity contribution < 1.29 is 9.18 Å². The Morgan fingerprint density at radius 3 is 3.12 bits per heavy atom. The highest BCUT2D eigenvalue weighted by Gasteiger charge is 2.32. The zero-order valence-corrected chi connectivity index (χ0v) is 14.0. The van der Waals surface area contributed by atoms with Gasteiger partial charge in [0.05, 0.1) is 12.5 Å². The van der Waals surface area contributed by atoms with Crippen LogP contribution in [0.25, 0.3) is 0 Å². The van der Waals surface area contributed by atoms with Crippen LogP contribution in [0.1, 0.15) is 41.5 Å². The van der Waals surface area contributed by atoms with Gasteiger partial charge in [-0.2, -0.15) is 0 Å². The molecular formula is C19H21FN4O. The third-order valence-electron chi connectivity index (χ3n) is 5.00. The lowest BCUT2D eigenvalue weighted by atomic mass is 10.1. The number of hydrogen-bond donors (Lipinski definition) is 1. The highest BCUT2D eigenvalue weighted by Crippen LogP contribution is 2.31. The van der Waals surface area contributed by atoms with Gasteiger partial charge >= 0.3 is 0 Å². The van der Waals surface area contributed by atoms with Crippen molar-refractivity contribution in [2.24, 2.45) is 0 Å². The lowest BCUT2D eigenvalue weighted by Crippen LogP contribution is -2.33. The Bertz CT molecular complexity index is 795. The van der Waals surface area contributed by atoms with Crippen LogP contribution in [0.15, 0.2) is 30.5 Å². The van der Waals surface area contributed by atoms with Gasteiger partial charge < -0.3 is 10.2 Å². The van der Waals surface area contributed by atoms with E-state index in [4.69, 9.17) is 4.98 Å². The first-order chi connectivity index (χ1) is 12.2. The van der Waals surface area contributed by atoms with Crippen LogP contribution in [0.4, 0.5) is 4.39 Å². The SMILES string of the molecule is O=C(Cc1ccccc1F)N1CCC[C@H]1c1ncc2c(n1)CCNC2. The molecule has 25 heavy (non-hydrogen) atoms. The molecule has 0 aliphatic carbocycles. The Labute approximate surface area is 146 Å². The number of likely N-dealkylation sites (tertiary alicyclic amines) is 1. The molecule has 0 saturated carbocycles. The molecule has 1 N–H and O–H groups in total. The first-order valence-corrected chi connectivity index (χ1v) is 8.80. The van der Waals surface area contributed by atoms with Gasteiger partial charge in [-0.05, 0) is 24.5 Å². The first kappa shape index (κ1) is 16.1. The van der Waals surface area contributed by atoms with Crippen molar-refractivity contribution in [2.75, 3.05) is 13.1 Å². The number of rotatable bonds is 3. The Hall–Kier alpha value is -2.34. The monoisotopic (exact) mass is 340 g/mol. The van der Waals surface area contributed by atoms with Crippen LogP contribution in [0.3, 0.4) is 0 Å². The standard InChI is InChI=1S/C19H21FN4O/c20-15-5-2-1-4-13(15)10-18(25)24-9-3-6-17(24)19-22-12-14-11-21-8-7-16(14)23-19/h1-2,4-5,12,17,21H,3,6-11H2/t17-/m0/s1. The molecule has 1 saturated heterocycles. The van der Waals surface area contributed by atoms with E-state index >= 15 is 0 Å². The zero-order chi connectivity index (χ0) is 17.2. The zero-order valence-electron chi connectivity index (χ0n) is 14.0. The summed E-state index contributed by atoms with van der Waals surface area (Å²) in [6.45, 7) is 2.40. The summed E-state index contributed by atoms with van der Waals surface area (Å²) in [4.78, 5) is 23.8. The molecular weight excluding hydrogens is 319 g/mol. The van der Waals surface area contributed by atoms with Gasteiger partial charge in [0.15, 0.2) is 5.82 Å². The Kier molecular flexibility index (Phi) is 4.44. The summed E-state index contributed by atoms with van der Waals surface area (Å²) >= 11 is 0. The van der Waals surface area contributed by atoms with Crippen LogP contribution in [0.2, 0.25) is 0 Å². The fourth-order valence-corrected chi connectivity index (χ4v) is 3.65. The molecule has 1 amide bonds. The average Bonchev–Trinajstić information content (AvgIpc) is 3.13. The number of halogens is 1. The summed E-state index contributed by atoms with van der Waals surface area (Å²) in [5.74, 6) is 0.333. The Morgan fingerprint density at radius 1 is 1.36 bits per heavy atom. The molecule has 0 unspecified atom stereocenters. The maximum atomic E-state index is 13.8. The molecule has 0 spiro atoms. The summed E-state index contributed by atoms with van der Waals surface area (Å²) in [7, 11) is 0. The van der Waals surface area contributed by atoms with Crippen molar-refractivity contribution in [3.8, 4) is 0 Å². The second kappa shape index (κ2) is 6.88. The maximum absolute atomic E-state index is 13.8. The van der Waals surface area contributed by atoms with Crippen LogP contribution in [0.5, 0.6) is 0 Å². The summed E-state index contributed by atoms with van der Waals surface area (Å²) in [6, 6.07) is 6.36. The molecule has 0 radical (unpaired) electrons. The number of nitrogens with zero attached hydrogens (tertiary/aromatic N) is 3. The molecule has 2 aliphatic heterocycles. The molecule has 1 aromatic heterocycles. The quantitative estimate of drug-likeness (QED) is 0.930. The number of aromatic nitrogens is 2. The summed E-state index contributed by atoms with van der Waals surface area (Å²) in [5.41, 5.74) is 2.66. The fraction of sp³-hybridized carbons (Fsp3) is 0.421. The van der Waals surface area contributed by atoms with E-state index in [2.05, 4.69) is 10.3 Å². The second-order valence-electron chi connectivity index (χ2n) is 6.64. The van der Waals surface area contributed by atoms with Gasteiger partial charge in [0, 0.05) is 43.5 Å². The van der Waals surface area contributed by atoms with Gasteiger partial charge in [0.1, 0.15) is 5.82 Å². The number of nitrogens with one attached hydrogen (secondary N) is 1. The van der Waals surface area contributed by atoms with Crippen LogP contribution in [-0.4, -0.2) is 33.9 Å². The normalized spacial score (nSPS) is 19.7. The van der Waals surface area contributed by atoms with E-state index in [-0.39, 0.29) is 24.2 Å². The van der Waals surface area contributed by atoms with Crippen molar-refractivity contribution in [3.05, 3.63) is 58.9 Å². The van der Waals surface area contributed by atoms with Gasteiger partial charge in [0.25, 0.3) is 0 Å². The van der Waals surface area contributed by atoms with E-state index in [1.54, 1.807) is 18.2 Å². The number of carbonyl (C=O) groups excluding carboxylic acids is 1. The van der Waals surface area contributed by atoms with Gasteiger partial charge in [-0.1, -0.05) is 18.2 Å². The largest absolute Gasteiger partial charge is 0.332 e. The molecule has 6 heteroatoms. The van der Waals surface area contributed by atoms with Gasteiger partial charge in [0.2, 0.25) is 5.91 Å². The minimum atomic E-state index is -0.330. The van der Waals surface area contributed by atoms with E-state index in [1.165, 1.54) is 6.07 Å². The van der Waals surface area contributed by atoms with Gasteiger partial charge in [-0.15, -0.1) is 0 Å². The Morgan fingerprint density at radius 2 is 2.24 bits per heavy atom. The van der Waals surface area contributed by atoms with Crippen LogP contribution < -0.4 is 5.32 Å². The third kappa shape index (κ3) is 3.26. The predicted molar refractivity (Wildman–Crippen MR) is 91.2 cm³/mol. The first-order valence-electron chi connectivity index (χ1n) is 8.80. The number of benzene rings is 1. The van der Waals surface area contributed by atoms with Crippen molar-refractivity contribution in [1.82, 2.24) is 20.2 Å². The molecule has 2 aliphatic rings. The van der Waals surface area contributed by atoms with Gasteiger partial charge in [-0.3, -0.25) is 4.79 Å². The van der Waals surface area contributed by atoms with Crippen molar-refractivity contribution in [1.29, 1.82) is 0 Å². The number of amides is 1. The topological polar surface area (TPSA) is 58.1 Å². The minimum Gasteiger partial charge on any atom is -0.332 e. The van der Waals surface area contributed by atoms with Crippen LogP contribution >= 0.6 is 0 Å². The minimum absolute atomic E-state index is 0.0596. The maximum Gasteiger partial charge on any atom is 0.227 e. The van der Waals surface area contributed by atoms with Crippen molar-refractivity contribution in [3.63, 3.8) is 0 Å². The summed E-state index contributed by atoms with van der Waals surface area (Å²) in [6.07, 6.45) is 4.64. The number of carbonyl (C=O) groups is 1. The predicted octanol–water partition coefficient (Wildman–Crippen LogP) is 2.17. The van der Waals surface area contributed by atoms with E-state index in [9.17, 15) is 9.18 Å². The molecule has 4 rings (SSSR count). The highest BCUT2D eigenvalue weighted by molar-refractivity contribution is 5.79. The molecule has 5 nitrogen and oxygen atoms in total. The summed E-state index contributed by atoms with van der Waals surface area (Å²) < 4.78 is 13.8. The highest BCUT2D eigenvalue weighted by atomic mass is 19.1. The van der Waals surface area contributed by atoms with E-state index in [1.807, 2.05) is 11.1 Å². The van der Waals surface area contributed by atoms with Gasteiger partial charge in [-0.25, -0.2) is 14.4 Å². The number of fused-ring (bicyclic) bond motifs is 1. The number of hydrogen-bond acceptors (Lipinski definition) is 4. The molecule has 1 aromatic carbocycles. The lowest BCUT2D eigenvalue weighted by molar-refractivity contribution is -0.131. The molecule has 1 atom stereocenters. The van der Waals surface area contributed by atoms with Crippen LogP contribution in [-0.2, 0) is 24.2 Å². The lowest BCUT2D eigenvalue weighted by Gasteiger charge is -2.25. The molecule has 1 fully saturated rings. The smallest absolute Gasteiger partial charge is 0.227 e. The third-order valence-corrected chi connectivity index (χ3v) is 5.00. The van der Waals surface area contributed by atoms with E-state index in [0.29, 0.717) is 12.1 Å². The molecule has 2 aromatic rings. The van der Waals surface area contributed by atoms with Crippen molar-refractivity contribution in [2.45, 2.75) is 38.3 Å². The molecule has 0 bridgehead atoms. The second-order valence-corrected chi connectivity index (χ2v) is 6.64. The van der Waals surface area contributed by atoms with Crippen molar-refractivity contribution >= 4 is 5.91 Å². The van der Waals surface area contributed by atoms with E-state index in [0.717, 1.165) is 49.4 Å². The molecule has 3 heterocycles. The van der Waals surface area contributed by atoms with Crippen LogP contribution in [0, 0.1) is 5.82 Å². The fourth-order valence-electron chi connectivity index (χ4n) is 3.65. The Balaban J connectivity index is 1.54. The molecule has 130 valence electrons. The average molecular weight is 340 g/mol.